The number of aromatic nitrogens is 2. The number of rotatable bonds is 6. The van der Waals surface area contributed by atoms with Gasteiger partial charge in [0.1, 0.15) is 0 Å². The van der Waals surface area contributed by atoms with E-state index in [0.717, 1.165) is 34.8 Å². The Labute approximate surface area is 186 Å². The van der Waals surface area contributed by atoms with E-state index in [1.165, 1.54) is 50.3 Å². The van der Waals surface area contributed by atoms with E-state index in [4.69, 9.17) is 4.42 Å². The van der Waals surface area contributed by atoms with Crippen LogP contribution in [0.25, 0.3) is 11.1 Å². The highest BCUT2D eigenvalue weighted by molar-refractivity contribution is 7.99. The second kappa shape index (κ2) is 7.63. The zero-order chi connectivity index (χ0) is 20.8. The molecular formula is C26H26N2O2S. The van der Waals surface area contributed by atoms with Crippen molar-refractivity contribution >= 4 is 17.5 Å². The van der Waals surface area contributed by atoms with E-state index in [-0.39, 0.29) is 11.2 Å². The summed E-state index contributed by atoms with van der Waals surface area (Å²) in [7, 11) is 0. The van der Waals surface area contributed by atoms with Crippen molar-refractivity contribution in [3.8, 4) is 11.1 Å². The quantitative estimate of drug-likeness (QED) is 0.345. The summed E-state index contributed by atoms with van der Waals surface area (Å²) in [6.45, 7) is 0. The number of hydrogen-bond donors (Lipinski definition) is 0. The Bertz CT molecular complexity index is 1050. The molecule has 2 aromatic carbocycles. The van der Waals surface area contributed by atoms with Crippen molar-refractivity contribution in [2.75, 3.05) is 5.75 Å². The van der Waals surface area contributed by atoms with E-state index in [0.29, 0.717) is 16.5 Å². The van der Waals surface area contributed by atoms with E-state index in [1.54, 1.807) is 0 Å². The SMILES string of the molecule is O=C(CSc1nnc(C23CC4CC(CC(C4)C2)C3)o1)c1ccc(-c2ccccc2)cc1. The number of carbonyl (C=O) groups is 1. The maximum Gasteiger partial charge on any atom is 0.277 e. The highest BCUT2D eigenvalue weighted by Crippen LogP contribution is 2.60. The van der Waals surface area contributed by atoms with Crippen molar-refractivity contribution < 1.29 is 9.21 Å². The van der Waals surface area contributed by atoms with Crippen molar-refractivity contribution in [1.82, 2.24) is 10.2 Å². The van der Waals surface area contributed by atoms with Crippen molar-refractivity contribution in [2.24, 2.45) is 17.8 Å². The summed E-state index contributed by atoms with van der Waals surface area (Å²) in [5.74, 6) is 3.75. The molecule has 0 saturated heterocycles. The van der Waals surface area contributed by atoms with E-state index in [2.05, 4.69) is 22.3 Å². The van der Waals surface area contributed by atoms with Gasteiger partial charge in [-0.1, -0.05) is 66.4 Å². The highest BCUT2D eigenvalue weighted by Gasteiger charge is 2.54. The standard InChI is InChI=1S/C26H26N2O2S/c29-23(22-8-6-21(7-9-22)20-4-2-1-3-5-20)16-31-25-28-27-24(30-25)26-13-17-10-18(14-26)12-19(11-17)15-26/h1-9,17-19H,10-16H2. The average Bonchev–Trinajstić information content (AvgIpc) is 3.27. The monoisotopic (exact) mass is 430 g/mol. The number of carbonyl (C=O) groups excluding carboxylic acids is 1. The highest BCUT2D eigenvalue weighted by atomic mass is 32.2. The van der Waals surface area contributed by atoms with Crippen LogP contribution < -0.4 is 0 Å². The predicted molar refractivity (Wildman–Crippen MR) is 121 cm³/mol. The summed E-state index contributed by atoms with van der Waals surface area (Å²) in [5.41, 5.74) is 3.09. The van der Waals surface area contributed by atoms with Gasteiger partial charge in [0.05, 0.1) is 5.75 Å². The second-order valence-corrected chi connectivity index (χ2v) is 10.7. The van der Waals surface area contributed by atoms with Crippen LogP contribution in [-0.4, -0.2) is 21.7 Å². The smallest absolute Gasteiger partial charge is 0.277 e. The minimum Gasteiger partial charge on any atom is -0.415 e. The lowest BCUT2D eigenvalue weighted by Crippen LogP contribution is -2.48. The molecule has 5 heteroatoms. The zero-order valence-electron chi connectivity index (χ0n) is 17.5. The topological polar surface area (TPSA) is 56.0 Å². The molecule has 0 amide bonds. The fourth-order valence-electron chi connectivity index (χ4n) is 6.54. The molecule has 7 rings (SSSR count). The molecule has 4 bridgehead atoms. The molecule has 4 fully saturated rings. The minimum atomic E-state index is 0.0826. The van der Waals surface area contributed by atoms with Gasteiger partial charge >= 0.3 is 0 Å². The van der Waals surface area contributed by atoms with Crippen molar-refractivity contribution in [1.29, 1.82) is 0 Å². The normalized spacial score (nSPS) is 28.7. The molecule has 0 aliphatic heterocycles. The zero-order valence-corrected chi connectivity index (χ0v) is 18.3. The van der Waals surface area contributed by atoms with Crippen molar-refractivity contribution in [3.05, 3.63) is 66.1 Å². The number of benzene rings is 2. The molecule has 4 nitrogen and oxygen atoms in total. The Hall–Kier alpha value is -2.40. The van der Waals surface area contributed by atoms with Gasteiger partial charge in [-0.25, -0.2) is 0 Å². The van der Waals surface area contributed by atoms with Crippen LogP contribution in [0.3, 0.4) is 0 Å². The number of hydrogen-bond acceptors (Lipinski definition) is 5. The first-order valence-corrected chi connectivity index (χ1v) is 12.3. The lowest BCUT2D eigenvalue weighted by Gasteiger charge is -2.55. The van der Waals surface area contributed by atoms with Crippen LogP contribution >= 0.6 is 11.8 Å². The number of Topliss-reactive ketones (excluding diaryl/α,β-unsaturated/α-hetero) is 1. The number of ketones is 1. The van der Waals surface area contributed by atoms with Crippen LogP contribution in [0, 0.1) is 17.8 Å². The van der Waals surface area contributed by atoms with E-state index >= 15 is 0 Å². The molecule has 31 heavy (non-hydrogen) atoms. The summed E-state index contributed by atoms with van der Waals surface area (Å²) in [4.78, 5) is 12.7. The minimum absolute atomic E-state index is 0.0826. The molecule has 0 radical (unpaired) electrons. The van der Waals surface area contributed by atoms with E-state index in [9.17, 15) is 4.79 Å². The first kappa shape index (κ1) is 19.3. The molecule has 4 aliphatic carbocycles. The van der Waals surface area contributed by atoms with Gasteiger partial charge in [-0.05, 0) is 67.4 Å². The first-order chi connectivity index (χ1) is 15.2. The molecule has 1 heterocycles. The molecule has 1 aromatic heterocycles. The Morgan fingerprint density at radius 1 is 0.871 bits per heavy atom. The van der Waals surface area contributed by atoms with Crippen LogP contribution in [0.5, 0.6) is 0 Å². The van der Waals surface area contributed by atoms with Gasteiger partial charge in [0.25, 0.3) is 5.22 Å². The van der Waals surface area contributed by atoms with Crippen molar-refractivity contribution in [3.63, 3.8) is 0 Å². The van der Waals surface area contributed by atoms with E-state index in [1.807, 2.05) is 42.5 Å². The second-order valence-electron chi connectivity index (χ2n) is 9.73. The maximum atomic E-state index is 12.7. The van der Waals surface area contributed by atoms with Gasteiger partial charge in [0.15, 0.2) is 5.78 Å². The summed E-state index contributed by atoms with van der Waals surface area (Å²) in [5, 5.41) is 9.27. The third-order valence-electron chi connectivity index (χ3n) is 7.54. The van der Waals surface area contributed by atoms with Gasteiger partial charge in [-0.2, -0.15) is 0 Å². The van der Waals surface area contributed by atoms with Crippen LogP contribution in [0.4, 0.5) is 0 Å². The molecule has 3 aromatic rings. The number of thioether (sulfide) groups is 1. The van der Waals surface area contributed by atoms with Gasteiger partial charge in [0, 0.05) is 11.0 Å². The van der Waals surface area contributed by atoms with Crippen LogP contribution in [-0.2, 0) is 5.41 Å². The Morgan fingerprint density at radius 3 is 2.13 bits per heavy atom. The molecular weight excluding hydrogens is 404 g/mol. The van der Waals surface area contributed by atoms with Gasteiger partial charge in [0.2, 0.25) is 5.89 Å². The summed E-state index contributed by atoms with van der Waals surface area (Å²) in [6.07, 6.45) is 7.81. The largest absolute Gasteiger partial charge is 0.415 e. The van der Waals surface area contributed by atoms with Crippen LogP contribution in [0.2, 0.25) is 0 Å². The molecule has 0 N–H and O–H groups in total. The van der Waals surface area contributed by atoms with Crippen LogP contribution in [0.15, 0.2) is 64.2 Å². The summed E-state index contributed by atoms with van der Waals surface area (Å²) in [6, 6.07) is 18.0. The third-order valence-corrected chi connectivity index (χ3v) is 8.36. The lowest BCUT2D eigenvalue weighted by molar-refractivity contribution is -0.0191. The molecule has 4 aliphatic rings. The average molecular weight is 431 g/mol. The molecule has 4 saturated carbocycles. The first-order valence-electron chi connectivity index (χ1n) is 11.3. The van der Waals surface area contributed by atoms with Crippen molar-refractivity contribution in [2.45, 2.75) is 49.2 Å². The van der Waals surface area contributed by atoms with Gasteiger partial charge < -0.3 is 4.42 Å². The fraction of sp³-hybridized carbons (Fsp3) is 0.423. The lowest BCUT2D eigenvalue weighted by atomic mass is 9.49. The fourth-order valence-corrected chi connectivity index (χ4v) is 7.20. The Kier molecular flexibility index (Phi) is 4.75. The van der Waals surface area contributed by atoms with E-state index < -0.39 is 0 Å². The van der Waals surface area contributed by atoms with Gasteiger partial charge in [-0.15, -0.1) is 10.2 Å². The summed E-state index contributed by atoms with van der Waals surface area (Å²) < 4.78 is 6.12. The Balaban J connectivity index is 1.11. The third kappa shape index (κ3) is 3.63. The molecule has 158 valence electrons. The summed E-state index contributed by atoms with van der Waals surface area (Å²) >= 11 is 1.36. The molecule has 0 spiro atoms. The Morgan fingerprint density at radius 2 is 1.48 bits per heavy atom. The molecule has 0 atom stereocenters. The van der Waals surface area contributed by atoms with Gasteiger partial charge in [-0.3, -0.25) is 4.79 Å². The predicted octanol–water partition coefficient (Wildman–Crippen LogP) is 6.18. The number of nitrogens with zero attached hydrogens (tertiary/aromatic N) is 2. The maximum absolute atomic E-state index is 12.7. The molecule has 0 unspecified atom stereocenters. The van der Waals surface area contributed by atoms with Crippen LogP contribution in [0.1, 0.15) is 54.8 Å².